The third-order valence-corrected chi connectivity index (χ3v) is 2.87. The van der Waals surface area contributed by atoms with E-state index in [1.807, 2.05) is 6.92 Å². The van der Waals surface area contributed by atoms with Gasteiger partial charge in [0.15, 0.2) is 11.5 Å². The zero-order chi connectivity index (χ0) is 14.4. The van der Waals surface area contributed by atoms with Gasteiger partial charge in [0.25, 0.3) is 0 Å². The first-order valence-electron chi connectivity index (χ1n) is 6.30. The maximum absolute atomic E-state index is 11.4. The van der Waals surface area contributed by atoms with E-state index in [1.54, 1.807) is 13.0 Å². The molecule has 0 saturated carbocycles. The molecule has 0 aliphatic carbocycles. The lowest BCUT2D eigenvalue weighted by atomic mass is 9.95. The monoisotopic (exact) mass is 264 g/mol. The number of hydrogen-bond acceptors (Lipinski definition) is 4. The van der Waals surface area contributed by atoms with E-state index in [9.17, 15) is 15.0 Å². The van der Waals surface area contributed by atoms with E-state index in [0.717, 1.165) is 18.4 Å². The third kappa shape index (κ3) is 4.32. The topological polar surface area (TPSA) is 66.8 Å². The van der Waals surface area contributed by atoms with Gasteiger partial charge in [-0.1, -0.05) is 26.0 Å². The van der Waals surface area contributed by atoms with Gasteiger partial charge < -0.3 is 14.9 Å². The molecular formula is C15H20O4. The van der Waals surface area contributed by atoms with Crippen molar-refractivity contribution in [1.29, 1.82) is 0 Å². The first-order valence-corrected chi connectivity index (χ1v) is 6.30. The minimum Gasteiger partial charge on any atom is -0.504 e. The lowest BCUT2D eigenvalue weighted by Gasteiger charge is -2.17. The molecule has 104 valence electrons. The van der Waals surface area contributed by atoms with Crippen LogP contribution in [0.15, 0.2) is 30.4 Å². The summed E-state index contributed by atoms with van der Waals surface area (Å²) in [5.41, 5.74) is 1.20. The van der Waals surface area contributed by atoms with Crippen molar-refractivity contribution in [3.63, 3.8) is 0 Å². The number of esters is 1. The summed E-state index contributed by atoms with van der Waals surface area (Å²) in [4.78, 5) is 11.4. The molecule has 1 atom stereocenters. The Hall–Kier alpha value is -1.97. The van der Waals surface area contributed by atoms with Crippen LogP contribution in [0.3, 0.4) is 0 Å². The van der Waals surface area contributed by atoms with Crippen molar-refractivity contribution in [3.8, 4) is 11.5 Å². The molecule has 0 aromatic heterocycles. The Morgan fingerprint density at radius 3 is 2.58 bits per heavy atom. The van der Waals surface area contributed by atoms with Crippen molar-refractivity contribution in [2.24, 2.45) is 0 Å². The summed E-state index contributed by atoms with van der Waals surface area (Å²) in [6.07, 6.45) is 1.75. The molecule has 0 aliphatic rings. The van der Waals surface area contributed by atoms with Crippen molar-refractivity contribution in [2.75, 3.05) is 6.61 Å². The molecule has 0 fully saturated rings. The number of phenolic OH excluding ortho intramolecular Hbond substituents is 2. The summed E-state index contributed by atoms with van der Waals surface area (Å²) < 4.78 is 5.16. The summed E-state index contributed by atoms with van der Waals surface area (Å²) in [5.74, 6) is -0.730. The fraction of sp³-hybridized carbons (Fsp3) is 0.400. The second-order valence-corrected chi connectivity index (χ2v) is 4.61. The zero-order valence-electron chi connectivity index (χ0n) is 11.3. The Balaban J connectivity index is 2.78. The molecule has 1 aromatic carbocycles. The van der Waals surface area contributed by atoms with Crippen molar-refractivity contribution in [3.05, 3.63) is 35.9 Å². The van der Waals surface area contributed by atoms with Gasteiger partial charge in [0.05, 0.1) is 6.61 Å². The van der Waals surface area contributed by atoms with Crippen LogP contribution >= 0.6 is 0 Å². The minimum atomic E-state index is -0.413. The van der Waals surface area contributed by atoms with Crippen LogP contribution in [0.5, 0.6) is 11.5 Å². The van der Waals surface area contributed by atoms with Crippen LogP contribution < -0.4 is 0 Å². The van der Waals surface area contributed by atoms with Crippen LogP contribution in [0.2, 0.25) is 0 Å². The van der Waals surface area contributed by atoms with Gasteiger partial charge in [-0.15, -0.1) is 0 Å². The van der Waals surface area contributed by atoms with Crippen molar-refractivity contribution in [1.82, 2.24) is 0 Å². The van der Waals surface area contributed by atoms with Crippen LogP contribution in [-0.4, -0.2) is 22.8 Å². The number of phenols is 2. The smallest absolute Gasteiger partial charge is 0.333 e. The van der Waals surface area contributed by atoms with E-state index in [2.05, 4.69) is 6.58 Å². The zero-order valence-corrected chi connectivity index (χ0v) is 11.3. The molecule has 0 aliphatic heterocycles. The molecule has 1 rings (SSSR count). The summed E-state index contributed by atoms with van der Waals surface area (Å²) >= 11 is 0. The van der Waals surface area contributed by atoms with E-state index >= 15 is 0 Å². The number of carbonyl (C=O) groups is 1. The molecule has 1 aromatic rings. The molecule has 4 nitrogen and oxygen atoms in total. The number of rotatable bonds is 6. The summed E-state index contributed by atoms with van der Waals surface area (Å²) in [6, 6.07) is 4.67. The highest BCUT2D eigenvalue weighted by Crippen LogP contribution is 2.30. The molecule has 0 bridgehead atoms. The van der Waals surface area contributed by atoms with E-state index in [4.69, 9.17) is 4.74 Å². The number of hydrogen-bond donors (Lipinski definition) is 2. The average molecular weight is 264 g/mol. The normalized spacial score (nSPS) is 11.9. The highest BCUT2D eigenvalue weighted by Gasteiger charge is 2.15. The number of aromatic hydroxyl groups is 2. The van der Waals surface area contributed by atoms with Gasteiger partial charge in [0.1, 0.15) is 0 Å². The molecule has 19 heavy (non-hydrogen) atoms. The first-order chi connectivity index (χ1) is 8.95. The molecule has 1 unspecified atom stereocenters. The van der Waals surface area contributed by atoms with E-state index < -0.39 is 5.97 Å². The third-order valence-electron chi connectivity index (χ3n) is 2.87. The summed E-state index contributed by atoms with van der Waals surface area (Å²) in [7, 11) is 0. The van der Waals surface area contributed by atoms with Crippen molar-refractivity contribution in [2.45, 2.75) is 32.6 Å². The van der Waals surface area contributed by atoms with Crippen LogP contribution in [0.25, 0.3) is 0 Å². The van der Waals surface area contributed by atoms with Crippen molar-refractivity contribution < 1.29 is 19.7 Å². The molecule has 0 amide bonds. The highest BCUT2D eigenvalue weighted by molar-refractivity contribution is 5.86. The first kappa shape index (κ1) is 15.1. The van der Waals surface area contributed by atoms with Gasteiger partial charge in [-0.2, -0.15) is 0 Å². The molecule has 0 saturated heterocycles. The van der Waals surface area contributed by atoms with E-state index in [0.29, 0.717) is 5.57 Å². The van der Waals surface area contributed by atoms with Gasteiger partial charge in [-0.05, 0) is 31.0 Å². The van der Waals surface area contributed by atoms with Gasteiger partial charge in [0, 0.05) is 11.5 Å². The number of ether oxygens (including phenoxy) is 1. The largest absolute Gasteiger partial charge is 0.504 e. The van der Waals surface area contributed by atoms with Gasteiger partial charge >= 0.3 is 5.97 Å². The number of carbonyl (C=O) groups excluding carboxylic acids is 1. The fourth-order valence-corrected chi connectivity index (χ4v) is 1.79. The van der Waals surface area contributed by atoms with Crippen LogP contribution in [-0.2, 0) is 9.53 Å². The van der Waals surface area contributed by atoms with Crippen molar-refractivity contribution >= 4 is 5.97 Å². The van der Waals surface area contributed by atoms with E-state index in [-0.39, 0.29) is 24.0 Å². The molecular weight excluding hydrogens is 244 g/mol. The maximum atomic E-state index is 11.4. The SMILES string of the molecule is C=C(C)C(=O)OCC(CCC)c1ccc(O)c(O)c1. The average Bonchev–Trinajstić information content (AvgIpc) is 2.37. The van der Waals surface area contributed by atoms with Gasteiger partial charge in [-0.25, -0.2) is 4.79 Å². The highest BCUT2D eigenvalue weighted by atomic mass is 16.5. The Bertz CT molecular complexity index is 465. The van der Waals surface area contributed by atoms with Crippen LogP contribution in [0, 0.1) is 0 Å². The van der Waals surface area contributed by atoms with Gasteiger partial charge in [0.2, 0.25) is 0 Å². The predicted octanol–water partition coefficient (Wildman–Crippen LogP) is 3.10. The maximum Gasteiger partial charge on any atom is 0.333 e. The fourth-order valence-electron chi connectivity index (χ4n) is 1.79. The Morgan fingerprint density at radius 1 is 1.37 bits per heavy atom. The molecule has 0 radical (unpaired) electrons. The van der Waals surface area contributed by atoms with Gasteiger partial charge in [-0.3, -0.25) is 0 Å². The Labute approximate surface area is 113 Å². The molecule has 0 heterocycles. The lowest BCUT2D eigenvalue weighted by Crippen LogP contribution is -2.13. The second kappa shape index (κ2) is 6.83. The summed E-state index contributed by atoms with van der Waals surface area (Å²) in [6.45, 7) is 7.41. The summed E-state index contributed by atoms with van der Waals surface area (Å²) in [5, 5.41) is 18.8. The Kier molecular flexibility index (Phi) is 5.42. The lowest BCUT2D eigenvalue weighted by molar-refractivity contribution is -0.139. The second-order valence-electron chi connectivity index (χ2n) is 4.61. The Morgan fingerprint density at radius 2 is 2.05 bits per heavy atom. The standard InChI is InChI=1S/C15H20O4/c1-4-5-12(9-19-15(18)10(2)3)11-6-7-13(16)14(17)8-11/h6-8,12,16-17H,2,4-5,9H2,1,3H3. The molecule has 2 N–H and O–H groups in total. The molecule has 0 spiro atoms. The predicted molar refractivity (Wildman–Crippen MR) is 73.2 cm³/mol. The molecule has 4 heteroatoms. The quantitative estimate of drug-likeness (QED) is 0.470. The minimum absolute atomic E-state index is 0.000185. The van der Waals surface area contributed by atoms with Crippen LogP contribution in [0.4, 0.5) is 0 Å². The van der Waals surface area contributed by atoms with Crippen LogP contribution in [0.1, 0.15) is 38.2 Å². The van der Waals surface area contributed by atoms with E-state index in [1.165, 1.54) is 12.1 Å². The number of benzene rings is 1.